The van der Waals surface area contributed by atoms with Gasteiger partial charge in [-0.2, -0.15) is 0 Å². The van der Waals surface area contributed by atoms with Crippen molar-refractivity contribution in [1.82, 2.24) is 10.1 Å². The molecule has 0 spiro atoms. The predicted molar refractivity (Wildman–Crippen MR) is 96.2 cm³/mol. The molecule has 142 valence electrons. The summed E-state index contributed by atoms with van der Waals surface area (Å²) >= 11 is 0. The van der Waals surface area contributed by atoms with E-state index in [4.69, 9.17) is 4.74 Å². The van der Waals surface area contributed by atoms with Crippen LogP contribution in [0.1, 0.15) is 58.3 Å². The van der Waals surface area contributed by atoms with Crippen LogP contribution in [0.4, 0.5) is 5.82 Å². The summed E-state index contributed by atoms with van der Waals surface area (Å²) in [5, 5.41) is 6.26. The van der Waals surface area contributed by atoms with Gasteiger partial charge in [-0.1, -0.05) is 44.2 Å². The van der Waals surface area contributed by atoms with Gasteiger partial charge in [0.25, 0.3) is 0 Å². The fraction of sp³-hybridized carbons (Fsp3) is 0.722. The molecule has 0 saturated heterocycles. The molecule has 0 aliphatic carbocycles. The maximum atomic E-state index is 12.4. The van der Waals surface area contributed by atoms with Crippen LogP contribution in [0.5, 0.6) is 0 Å². The maximum absolute atomic E-state index is 12.4. The summed E-state index contributed by atoms with van der Waals surface area (Å²) in [7, 11) is 1.62. The molecule has 0 fully saturated rings. The van der Waals surface area contributed by atoms with E-state index in [1.165, 1.54) is 25.5 Å². The Balaban J connectivity index is 2.38. The Hall–Kier alpha value is -1.89. The molecule has 0 aliphatic rings. The molecule has 0 atom stereocenters. The smallest absolute Gasteiger partial charge is 0.245 e. The van der Waals surface area contributed by atoms with Crippen LogP contribution in [0.15, 0.2) is 16.9 Å². The zero-order valence-corrected chi connectivity index (χ0v) is 15.5. The van der Waals surface area contributed by atoms with Crippen LogP contribution >= 0.6 is 0 Å². The molecule has 0 aromatic carbocycles. The van der Waals surface area contributed by atoms with E-state index in [9.17, 15) is 9.59 Å². The zero-order valence-electron chi connectivity index (χ0n) is 15.5. The van der Waals surface area contributed by atoms with Crippen molar-refractivity contribution in [2.24, 2.45) is 0 Å². The summed E-state index contributed by atoms with van der Waals surface area (Å²) in [5.74, 6) is 0.0923. The summed E-state index contributed by atoms with van der Waals surface area (Å²) in [6.45, 7) is 3.28. The minimum Gasteiger partial charge on any atom is -0.385 e. The molecule has 1 aromatic rings. The van der Waals surface area contributed by atoms with Gasteiger partial charge in [-0.3, -0.25) is 9.59 Å². The van der Waals surface area contributed by atoms with Gasteiger partial charge in [-0.15, -0.1) is 0 Å². The Morgan fingerprint density at radius 1 is 1.20 bits per heavy atom. The first-order chi connectivity index (χ1) is 12.2. The SMILES string of the molecule is CCCCCCCCC(=O)N(CCCOC)CC(=O)Nc1ccon1. The lowest BCUT2D eigenvalue weighted by atomic mass is 10.1. The lowest BCUT2D eigenvalue weighted by Gasteiger charge is -2.22. The van der Waals surface area contributed by atoms with Crippen LogP contribution in [-0.2, 0) is 14.3 Å². The number of aromatic nitrogens is 1. The van der Waals surface area contributed by atoms with Crippen LogP contribution in [0.2, 0.25) is 0 Å². The van der Waals surface area contributed by atoms with E-state index in [0.29, 0.717) is 31.8 Å². The van der Waals surface area contributed by atoms with Crippen LogP contribution in [-0.4, -0.2) is 48.7 Å². The van der Waals surface area contributed by atoms with Crippen molar-refractivity contribution in [3.8, 4) is 0 Å². The number of hydrogen-bond acceptors (Lipinski definition) is 5. The number of amides is 2. The van der Waals surface area contributed by atoms with Crippen molar-refractivity contribution in [1.29, 1.82) is 0 Å². The van der Waals surface area contributed by atoms with Crippen LogP contribution in [0, 0.1) is 0 Å². The van der Waals surface area contributed by atoms with Gasteiger partial charge in [0, 0.05) is 32.7 Å². The number of rotatable bonds is 14. The number of hydrogen-bond donors (Lipinski definition) is 1. The molecule has 1 N–H and O–H groups in total. The highest BCUT2D eigenvalue weighted by Gasteiger charge is 2.17. The second-order valence-corrected chi connectivity index (χ2v) is 6.11. The number of methoxy groups -OCH3 is 1. The summed E-state index contributed by atoms with van der Waals surface area (Å²) < 4.78 is 9.72. The standard InChI is InChI=1S/C18H31N3O4/c1-3-4-5-6-7-8-10-18(23)21(12-9-13-24-2)15-17(22)19-16-11-14-25-20-16/h11,14H,3-10,12-13,15H2,1-2H3,(H,19,20,22). The fourth-order valence-electron chi connectivity index (χ4n) is 2.54. The first-order valence-electron chi connectivity index (χ1n) is 9.14. The van der Waals surface area contributed by atoms with Gasteiger partial charge in [-0.25, -0.2) is 0 Å². The zero-order chi connectivity index (χ0) is 18.3. The van der Waals surface area contributed by atoms with E-state index in [-0.39, 0.29) is 18.4 Å². The molecular formula is C18H31N3O4. The largest absolute Gasteiger partial charge is 0.385 e. The Morgan fingerprint density at radius 2 is 1.96 bits per heavy atom. The highest BCUT2D eigenvalue weighted by atomic mass is 16.5. The summed E-state index contributed by atoms with van der Waals surface area (Å²) in [6.07, 6.45) is 9.35. The van der Waals surface area contributed by atoms with Gasteiger partial charge in [0.15, 0.2) is 5.82 Å². The molecule has 1 aromatic heterocycles. The number of anilines is 1. The summed E-state index contributed by atoms with van der Waals surface area (Å²) in [4.78, 5) is 26.1. The highest BCUT2D eigenvalue weighted by Crippen LogP contribution is 2.09. The molecular weight excluding hydrogens is 322 g/mol. The van der Waals surface area contributed by atoms with Crippen molar-refractivity contribution in [3.63, 3.8) is 0 Å². The lowest BCUT2D eigenvalue weighted by molar-refractivity contribution is -0.135. The van der Waals surface area contributed by atoms with Crippen molar-refractivity contribution >= 4 is 17.6 Å². The molecule has 0 radical (unpaired) electrons. The van der Waals surface area contributed by atoms with E-state index < -0.39 is 0 Å². The highest BCUT2D eigenvalue weighted by molar-refractivity contribution is 5.93. The number of ether oxygens (including phenoxy) is 1. The van der Waals surface area contributed by atoms with Crippen molar-refractivity contribution < 1.29 is 18.8 Å². The van der Waals surface area contributed by atoms with Gasteiger partial charge in [-0.05, 0) is 12.8 Å². The topological polar surface area (TPSA) is 84.7 Å². The Bertz CT molecular complexity index is 477. The third kappa shape index (κ3) is 9.86. The number of unbranched alkanes of at least 4 members (excludes halogenated alkanes) is 5. The lowest BCUT2D eigenvalue weighted by Crippen LogP contribution is -2.39. The van der Waals surface area contributed by atoms with Gasteiger partial charge in [0.05, 0.1) is 6.54 Å². The van der Waals surface area contributed by atoms with E-state index >= 15 is 0 Å². The number of carbonyl (C=O) groups is 2. The molecule has 7 nitrogen and oxygen atoms in total. The molecule has 1 rings (SSSR count). The molecule has 0 bridgehead atoms. The Morgan fingerprint density at radius 3 is 2.64 bits per heavy atom. The summed E-state index contributed by atoms with van der Waals surface area (Å²) in [6, 6.07) is 1.56. The van der Waals surface area contributed by atoms with Gasteiger partial charge >= 0.3 is 0 Å². The van der Waals surface area contributed by atoms with Crippen LogP contribution in [0.25, 0.3) is 0 Å². The first kappa shape index (κ1) is 21.2. The first-order valence-corrected chi connectivity index (χ1v) is 9.14. The molecule has 25 heavy (non-hydrogen) atoms. The average Bonchev–Trinajstić information content (AvgIpc) is 3.10. The molecule has 0 aliphatic heterocycles. The molecule has 0 saturated carbocycles. The maximum Gasteiger partial charge on any atom is 0.245 e. The minimum absolute atomic E-state index is 0.0156. The van der Waals surface area contributed by atoms with Crippen LogP contribution < -0.4 is 5.32 Å². The number of nitrogens with zero attached hydrogens (tertiary/aromatic N) is 2. The Labute approximate surface area is 150 Å². The van der Waals surface area contributed by atoms with E-state index in [0.717, 1.165) is 19.3 Å². The monoisotopic (exact) mass is 353 g/mol. The van der Waals surface area contributed by atoms with Crippen molar-refractivity contribution in [2.75, 3.05) is 32.1 Å². The quantitative estimate of drug-likeness (QED) is 0.519. The third-order valence-electron chi connectivity index (χ3n) is 3.91. The number of carbonyl (C=O) groups excluding carboxylic acids is 2. The number of nitrogens with one attached hydrogen (secondary N) is 1. The van der Waals surface area contributed by atoms with Gasteiger partial charge < -0.3 is 19.5 Å². The van der Waals surface area contributed by atoms with Gasteiger partial charge in [0.2, 0.25) is 11.8 Å². The van der Waals surface area contributed by atoms with Crippen molar-refractivity contribution in [3.05, 3.63) is 12.3 Å². The molecule has 1 heterocycles. The minimum atomic E-state index is -0.275. The molecule has 0 unspecified atom stereocenters. The normalized spacial score (nSPS) is 10.6. The second kappa shape index (κ2) is 13.4. The van der Waals surface area contributed by atoms with Gasteiger partial charge in [0.1, 0.15) is 6.26 Å². The van der Waals surface area contributed by atoms with Crippen molar-refractivity contribution in [2.45, 2.75) is 58.3 Å². The molecule has 2 amide bonds. The average molecular weight is 353 g/mol. The van der Waals surface area contributed by atoms with Crippen LogP contribution in [0.3, 0.4) is 0 Å². The third-order valence-corrected chi connectivity index (χ3v) is 3.91. The summed E-state index contributed by atoms with van der Waals surface area (Å²) in [5.41, 5.74) is 0. The predicted octanol–water partition coefficient (Wildman–Crippen LogP) is 3.23. The van der Waals surface area contributed by atoms with E-state index in [1.807, 2.05) is 0 Å². The second-order valence-electron chi connectivity index (χ2n) is 6.11. The Kier molecular flexibility index (Phi) is 11.3. The fourth-order valence-corrected chi connectivity index (χ4v) is 2.54. The van der Waals surface area contributed by atoms with E-state index in [1.54, 1.807) is 18.1 Å². The molecule has 7 heteroatoms. The van der Waals surface area contributed by atoms with E-state index in [2.05, 4.69) is 21.9 Å².